The molecule has 0 saturated carbocycles. The van der Waals surface area contributed by atoms with E-state index in [9.17, 15) is 13.2 Å². The van der Waals surface area contributed by atoms with Crippen molar-refractivity contribution in [2.24, 2.45) is 0 Å². The minimum absolute atomic E-state index is 0.0541. The third-order valence-corrected chi connectivity index (χ3v) is 6.30. The van der Waals surface area contributed by atoms with Crippen LogP contribution in [0.25, 0.3) is 11.5 Å². The summed E-state index contributed by atoms with van der Waals surface area (Å²) < 4.78 is 36.8. The molecule has 0 aliphatic rings. The van der Waals surface area contributed by atoms with Crippen molar-refractivity contribution in [3.63, 3.8) is 0 Å². The zero-order chi connectivity index (χ0) is 22.3. The van der Waals surface area contributed by atoms with E-state index in [1.165, 1.54) is 0 Å². The van der Waals surface area contributed by atoms with Crippen molar-refractivity contribution < 1.29 is 22.4 Å². The quantitative estimate of drug-likeness (QED) is 0.438. The van der Waals surface area contributed by atoms with Gasteiger partial charge < -0.3 is 14.5 Å². The average molecular weight is 463 g/mol. The number of nitrogens with one attached hydrogen (secondary N) is 2. The minimum Gasteiger partial charge on any atom is -0.497 e. The lowest BCUT2D eigenvalue weighted by molar-refractivity contribution is -0.113. The third-order valence-electron chi connectivity index (χ3n) is 3.99. The van der Waals surface area contributed by atoms with Crippen molar-refractivity contribution in [2.45, 2.75) is 18.6 Å². The molecule has 0 fully saturated rings. The highest BCUT2D eigenvalue weighted by atomic mass is 32.2. The summed E-state index contributed by atoms with van der Waals surface area (Å²) in [4.78, 5) is 12.2. The van der Waals surface area contributed by atoms with E-state index in [0.29, 0.717) is 23.7 Å². The van der Waals surface area contributed by atoms with Crippen molar-refractivity contribution in [3.8, 4) is 17.2 Å². The van der Waals surface area contributed by atoms with Gasteiger partial charge in [0.1, 0.15) is 5.75 Å². The molecule has 0 aliphatic heterocycles. The molecule has 11 heteroatoms. The van der Waals surface area contributed by atoms with Crippen molar-refractivity contribution in [1.29, 1.82) is 0 Å². The van der Waals surface area contributed by atoms with Crippen LogP contribution < -0.4 is 14.8 Å². The van der Waals surface area contributed by atoms with E-state index in [4.69, 9.17) is 9.15 Å². The number of aromatic nitrogens is 2. The van der Waals surface area contributed by atoms with Gasteiger partial charge in [-0.15, -0.1) is 10.2 Å². The first-order valence-corrected chi connectivity index (χ1v) is 12.0. The average Bonchev–Trinajstić information content (AvgIpc) is 3.22. The van der Waals surface area contributed by atoms with Crippen LogP contribution in [-0.2, 0) is 14.8 Å². The summed E-state index contributed by atoms with van der Waals surface area (Å²) in [5, 5.41) is 11.0. The van der Waals surface area contributed by atoms with E-state index >= 15 is 0 Å². The molecule has 0 bridgehead atoms. The first kappa shape index (κ1) is 22.6. The van der Waals surface area contributed by atoms with E-state index in [0.717, 1.165) is 23.1 Å². The molecule has 1 heterocycles. The van der Waals surface area contributed by atoms with Crippen molar-refractivity contribution in [3.05, 3.63) is 48.5 Å². The fraction of sp³-hybridized carbons (Fsp3) is 0.250. The number of methoxy groups -OCH3 is 1. The van der Waals surface area contributed by atoms with Crippen LogP contribution in [0.3, 0.4) is 0 Å². The summed E-state index contributed by atoms with van der Waals surface area (Å²) >= 11 is 1.12. The predicted octanol–water partition coefficient (Wildman–Crippen LogP) is 3.63. The van der Waals surface area contributed by atoms with Crippen LogP contribution in [0.5, 0.6) is 5.75 Å². The first-order valence-electron chi connectivity index (χ1n) is 9.39. The molecule has 0 aliphatic carbocycles. The second kappa shape index (κ2) is 10.3. The molecule has 0 unspecified atom stereocenters. The Morgan fingerprint density at radius 3 is 2.39 bits per heavy atom. The van der Waals surface area contributed by atoms with Crippen LogP contribution in [0.2, 0.25) is 0 Å². The topological polar surface area (TPSA) is 123 Å². The maximum Gasteiger partial charge on any atom is 0.277 e. The van der Waals surface area contributed by atoms with Crippen LogP contribution in [0.15, 0.2) is 58.2 Å². The second-order valence-electron chi connectivity index (χ2n) is 6.44. The second-order valence-corrected chi connectivity index (χ2v) is 9.21. The Kier molecular flexibility index (Phi) is 7.53. The van der Waals surface area contributed by atoms with Crippen LogP contribution in [-0.4, -0.2) is 43.1 Å². The standard InChI is InChI=1S/C20H22N4O5S2/c1-3-12-31(26,27)24-16-8-6-15(7-9-16)21-18(25)13-30-20-23-22-19(29-20)14-4-10-17(28-2)11-5-14/h4-11,24H,3,12-13H2,1-2H3,(H,21,25). The van der Waals surface area contributed by atoms with Crippen LogP contribution in [0.4, 0.5) is 11.4 Å². The van der Waals surface area contributed by atoms with Gasteiger partial charge in [-0.1, -0.05) is 18.7 Å². The lowest BCUT2D eigenvalue weighted by atomic mass is 10.2. The van der Waals surface area contributed by atoms with Gasteiger partial charge in [0, 0.05) is 16.9 Å². The van der Waals surface area contributed by atoms with Gasteiger partial charge in [0.2, 0.25) is 21.8 Å². The third kappa shape index (κ3) is 6.72. The number of hydrogen-bond acceptors (Lipinski definition) is 8. The fourth-order valence-corrected chi connectivity index (χ4v) is 4.26. The van der Waals surface area contributed by atoms with Crippen LogP contribution in [0.1, 0.15) is 13.3 Å². The van der Waals surface area contributed by atoms with Gasteiger partial charge in [0.05, 0.1) is 18.6 Å². The maximum atomic E-state index is 12.2. The molecule has 0 atom stereocenters. The highest BCUT2D eigenvalue weighted by Crippen LogP contribution is 2.25. The van der Waals surface area contributed by atoms with Crippen LogP contribution in [0, 0.1) is 0 Å². The summed E-state index contributed by atoms with van der Waals surface area (Å²) in [5.74, 6) is 0.953. The number of hydrogen-bond donors (Lipinski definition) is 2. The molecule has 0 saturated heterocycles. The van der Waals surface area contributed by atoms with Crippen molar-refractivity contribution >= 4 is 39.1 Å². The summed E-state index contributed by atoms with van der Waals surface area (Å²) in [5.41, 5.74) is 1.74. The Balaban J connectivity index is 1.50. The molecule has 3 aromatic rings. The summed E-state index contributed by atoms with van der Waals surface area (Å²) in [7, 11) is -1.76. The summed E-state index contributed by atoms with van der Waals surface area (Å²) in [6.45, 7) is 1.80. The molecule has 0 radical (unpaired) electrons. The first-order chi connectivity index (χ1) is 14.9. The number of nitrogens with zero attached hydrogens (tertiary/aromatic N) is 2. The molecule has 9 nitrogen and oxygen atoms in total. The highest BCUT2D eigenvalue weighted by Gasteiger charge is 2.12. The zero-order valence-electron chi connectivity index (χ0n) is 17.0. The Labute approximate surface area is 184 Å². The molecular weight excluding hydrogens is 440 g/mol. The van der Waals surface area contributed by atoms with E-state index in [1.54, 1.807) is 62.6 Å². The minimum atomic E-state index is -3.35. The number of amides is 1. The number of carbonyl (C=O) groups is 1. The number of thioether (sulfide) groups is 1. The Morgan fingerprint density at radius 2 is 1.74 bits per heavy atom. The van der Waals surface area contributed by atoms with E-state index < -0.39 is 10.0 Å². The lowest BCUT2D eigenvalue weighted by Crippen LogP contribution is -2.16. The van der Waals surface area contributed by atoms with E-state index in [2.05, 4.69) is 20.2 Å². The summed E-state index contributed by atoms with van der Waals surface area (Å²) in [6.07, 6.45) is 0.531. The predicted molar refractivity (Wildman–Crippen MR) is 120 cm³/mol. The fourth-order valence-electron chi connectivity index (χ4n) is 2.56. The molecule has 1 amide bonds. The molecule has 31 heavy (non-hydrogen) atoms. The molecule has 2 aromatic carbocycles. The molecule has 2 N–H and O–H groups in total. The number of benzene rings is 2. The largest absolute Gasteiger partial charge is 0.497 e. The van der Waals surface area contributed by atoms with Gasteiger partial charge in [-0.25, -0.2) is 8.42 Å². The van der Waals surface area contributed by atoms with E-state index in [1.807, 2.05) is 0 Å². The molecule has 0 spiro atoms. The smallest absolute Gasteiger partial charge is 0.277 e. The molecule has 1 aromatic heterocycles. The Bertz CT molecular complexity index is 1110. The van der Waals surface area contributed by atoms with Crippen molar-refractivity contribution in [1.82, 2.24) is 10.2 Å². The van der Waals surface area contributed by atoms with Gasteiger partial charge in [0.15, 0.2) is 0 Å². The Morgan fingerprint density at radius 1 is 1.06 bits per heavy atom. The van der Waals surface area contributed by atoms with Gasteiger partial charge >= 0.3 is 0 Å². The number of sulfonamides is 1. The number of anilines is 2. The van der Waals surface area contributed by atoms with Gasteiger partial charge in [0.25, 0.3) is 5.22 Å². The Hall–Kier alpha value is -3.05. The normalized spacial score (nSPS) is 11.2. The van der Waals surface area contributed by atoms with Crippen molar-refractivity contribution in [2.75, 3.05) is 28.7 Å². The molecular formula is C20H22N4O5S2. The monoisotopic (exact) mass is 462 g/mol. The van der Waals surface area contributed by atoms with E-state index in [-0.39, 0.29) is 22.6 Å². The zero-order valence-corrected chi connectivity index (χ0v) is 18.6. The molecule has 164 valence electrons. The van der Waals surface area contributed by atoms with Gasteiger partial charge in [-0.05, 0) is 55.0 Å². The number of ether oxygens (including phenoxy) is 1. The number of rotatable bonds is 10. The maximum absolute atomic E-state index is 12.2. The lowest BCUT2D eigenvalue weighted by Gasteiger charge is -2.08. The van der Waals surface area contributed by atoms with Gasteiger partial charge in [-0.2, -0.15) is 0 Å². The summed E-state index contributed by atoms with van der Waals surface area (Å²) in [6, 6.07) is 13.6. The van der Waals surface area contributed by atoms with Gasteiger partial charge in [-0.3, -0.25) is 9.52 Å². The number of carbonyl (C=O) groups excluding carboxylic acids is 1. The SMILES string of the molecule is CCCS(=O)(=O)Nc1ccc(NC(=O)CSc2nnc(-c3ccc(OC)cc3)o2)cc1. The molecule has 3 rings (SSSR count). The highest BCUT2D eigenvalue weighted by molar-refractivity contribution is 7.99. The van der Waals surface area contributed by atoms with Crippen LogP contribution >= 0.6 is 11.8 Å².